The van der Waals surface area contributed by atoms with Gasteiger partial charge in [-0.05, 0) is 18.8 Å². The van der Waals surface area contributed by atoms with E-state index in [1.807, 2.05) is 20.8 Å². The van der Waals surface area contributed by atoms with Crippen LogP contribution >= 0.6 is 0 Å². The molecule has 1 aliphatic rings. The highest BCUT2D eigenvalue weighted by Gasteiger charge is 2.46. The molecule has 3 N–H and O–H groups in total. The molecule has 0 aliphatic carbocycles. The summed E-state index contributed by atoms with van der Waals surface area (Å²) in [4.78, 5) is 25.4. The van der Waals surface area contributed by atoms with Crippen molar-refractivity contribution in [1.82, 2.24) is 4.90 Å². The molecular weight excluding hydrogens is 244 g/mol. The van der Waals surface area contributed by atoms with E-state index in [0.29, 0.717) is 25.9 Å². The van der Waals surface area contributed by atoms with Crippen molar-refractivity contribution in [2.24, 2.45) is 17.1 Å². The molecule has 1 heterocycles. The van der Waals surface area contributed by atoms with Crippen LogP contribution in [0.1, 0.15) is 46.5 Å². The number of carbonyl (C=O) groups excluding carboxylic acids is 1. The van der Waals surface area contributed by atoms with Crippen LogP contribution in [0.25, 0.3) is 0 Å². The van der Waals surface area contributed by atoms with Gasteiger partial charge in [-0.1, -0.05) is 33.6 Å². The molecule has 19 heavy (non-hydrogen) atoms. The largest absolute Gasteiger partial charge is 0.481 e. The predicted molar refractivity (Wildman–Crippen MR) is 73.6 cm³/mol. The highest BCUT2D eigenvalue weighted by Crippen LogP contribution is 2.36. The van der Waals surface area contributed by atoms with Crippen molar-refractivity contribution in [3.8, 4) is 0 Å². The lowest BCUT2D eigenvalue weighted by Gasteiger charge is -2.27. The highest BCUT2D eigenvalue weighted by atomic mass is 16.4. The Hall–Kier alpha value is -1.10. The summed E-state index contributed by atoms with van der Waals surface area (Å²) < 4.78 is 0. The number of carboxylic acids is 1. The van der Waals surface area contributed by atoms with Gasteiger partial charge in [-0.15, -0.1) is 0 Å². The average molecular weight is 270 g/mol. The van der Waals surface area contributed by atoms with Crippen LogP contribution in [0.4, 0.5) is 0 Å². The molecule has 1 rings (SSSR count). The molecule has 0 radical (unpaired) electrons. The third-order valence-electron chi connectivity index (χ3n) is 4.39. The first-order valence-electron chi connectivity index (χ1n) is 7.15. The van der Waals surface area contributed by atoms with Crippen LogP contribution in [0.15, 0.2) is 0 Å². The number of aliphatic carboxylic acids is 1. The standard InChI is InChI=1S/C14H26N2O3/c1-4-6-14(13(18)19)7-8-16(9-14)12(17)11(15)10(3)5-2/h10-11H,4-9,15H2,1-3H3,(H,18,19)/t10?,11-,14?/m0/s1. The van der Waals surface area contributed by atoms with Gasteiger partial charge in [0, 0.05) is 13.1 Å². The van der Waals surface area contributed by atoms with Crippen LogP contribution in [-0.4, -0.2) is 41.0 Å². The summed E-state index contributed by atoms with van der Waals surface area (Å²) in [5.74, 6) is -0.770. The lowest BCUT2D eigenvalue weighted by molar-refractivity contribution is -0.149. The first-order valence-corrected chi connectivity index (χ1v) is 7.15. The second-order valence-corrected chi connectivity index (χ2v) is 5.76. The Morgan fingerprint density at radius 1 is 1.42 bits per heavy atom. The number of hydrogen-bond acceptors (Lipinski definition) is 3. The fraction of sp³-hybridized carbons (Fsp3) is 0.857. The number of rotatable bonds is 6. The number of amides is 1. The fourth-order valence-corrected chi connectivity index (χ4v) is 2.73. The van der Waals surface area contributed by atoms with Gasteiger partial charge in [0.1, 0.15) is 0 Å². The molecule has 0 spiro atoms. The van der Waals surface area contributed by atoms with Crippen molar-refractivity contribution in [3.05, 3.63) is 0 Å². The van der Waals surface area contributed by atoms with E-state index in [9.17, 15) is 14.7 Å². The van der Waals surface area contributed by atoms with Crippen LogP contribution in [0, 0.1) is 11.3 Å². The van der Waals surface area contributed by atoms with E-state index in [0.717, 1.165) is 12.8 Å². The monoisotopic (exact) mass is 270 g/mol. The van der Waals surface area contributed by atoms with E-state index in [1.54, 1.807) is 4.90 Å². The normalized spacial score (nSPS) is 26.2. The highest BCUT2D eigenvalue weighted by molar-refractivity contribution is 5.84. The second-order valence-electron chi connectivity index (χ2n) is 5.76. The van der Waals surface area contributed by atoms with Crippen molar-refractivity contribution in [2.75, 3.05) is 13.1 Å². The fourth-order valence-electron chi connectivity index (χ4n) is 2.73. The van der Waals surface area contributed by atoms with Crippen LogP contribution in [0.5, 0.6) is 0 Å². The molecule has 1 saturated heterocycles. The molecule has 5 heteroatoms. The quantitative estimate of drug-likeness (QED) is 0.765. The molecule has 1 fully saturated rings. The summed E-state index contributed by atoms with van der Waals surface area (Å²) in [5.41, 5.74) is 5.19. The molecular formula is C14H26N2O3. The number of carboxylic acid groups (broad SMARTS) is 1. The number of hydrogen-bond donors (Lipinski definition) is 2. The van der Waals surface area contributed by atoms with Crippen LogP contribution < -0.4 is 5.73 Å². The molecule has 0 aromatic rings. The molecule has 0 saturated carbocycles. The van der Waals surface area contributed by atoms with Gasteiger partial charge in [0.05, 0.1) is 11.5 Å². The average Bonchev–Trinajstić information content (AvgIpc) is 2.82. The van der Waals surface area contributed by atoms with Crippen LogP contribution in [0.2, 0.25) is 0 Å². The third-order valence-corrected chi connectivity index (χ3v) is 4.39. The van der Waals surface area contributed by atoms with E-state index < -0.39 is 17.4 Å². The summed E-state index contributed by atoms with van der Waals surface area (Å²) in [7, 11) is 0. The maximum Gasteiger partial charge on any atom is 0.311 e. The second kappa shape index (κ2) is 6.37. The Kier molecular flexibility index (Phi) is 5.35. The van der Waals surface area contributed by atoms with Crippen molar-refractivity contribution < 1.29 is 14.7 Å². The van der Waals surface area contributed by atoms with E-state index in [-0.39, 0.29) is 11.8 Å². The molecule has 3 atom stereocenters. The first kappa shape index (κ1) is 16.0. The minimum atomic E-state index is -0.790. The first-order chi connectivity index (χ1) is 8.88. The lowest BCUT2D eigenvalue weighted by atomic mass is 9.83. The van der Waals surface area contributed by atoms with Crippen molar-refractivity contribution in [3.63, 3.8) is 0 Å². The van der Waals surface area contributed by atoms with Crippen LogP contribution in [-0.2, 0) is 9.59 Å². The summed E-state index contributed by atoms with van der Waals surface area (Å²) in [5, 5.41) is 9.42. The third kappa shape index (κ3) is 3.26. The Labute approximate surface area is 115 Å². The summed E-state index contributed by atoms with van der Waals surface area (Å²) in [6.45, 7) is 6.74. The van der Waals surface area contributed by atoms with Gasteiger partial charge >= 0.3 is 5.97 Å². The van der Waals surface area contributed by atoms with E-state index in [2.05, 4.69) is 0 Å². The van der Waals surface area contributed by atoms with Gasteiger partial charge in [0.2, 0.25) is 5.91 Å². The van der Waals surface area contributed by atoms with Gasteiger partial charge in [0.25, 0.3) is 0 Å². The maximum absolute atomic E-state index is 12.3. The Morgan fingerprint density at radius 3 is 2.53 bits per heavy atom. The van der Waals surface area contributed by atoms with Gasteiger partial charge in [-0.2, -0.15) is 0 Å². The minimum absolute atomic E-state index is 0.103. The number of carbonyl (C=O) groups is 2. The minimum Gasteiger partial charge on any atom is -0.481 e. The van der Waals surface area contributed by atoms with Crippen molar-refractivity contribution in [2.45, 2.75) is 52.5 Å². The van der Waals surface area contributed by atoms with Crippen molar-refractivity contribution in [1.29, 1.82) is 0 Å². The summed E-state index contributed by atoms with van der Waals surface area (Å²) >= 11 is 0. The number of likely N-dealkylation sites (tertiary alicyclic amines) is 1. The van der Waals surface area contributed by atoms with E-state index >= 15 is 0 Å². The smallest absolute Gasteiger partial charge is 0.311 e. The zero-order chi connectivity index (χ0) is 14.6. The molecule has 5 nitrogen and oxygen atoms in total. The summed E-state index contributed by atoms with van der Waals surface area (Å²) in [6.07, 6.45) is 2.81. The Morgan fingerprint density at radius 2 is 2.05 bits per heavy atom. The molecule has 2 unspecified atom stereocenters. The Bertz CT molecular complexity index is 346. The van der Waals surface area contributed by atoms with Gasteiger partial charge in [-0.3, -0.25) is 9.59 Å². The molecule has 1 amide bonds. The molecule has 1 aliphatic heterocycles. The Balaban J connectivity index is 2.74. The lowest BCUT2D eigenvalue weighted by Crippen LogP contribution is -2.47. The van der Waals surface area contributed by atoms with Gasteiger partial charge in [-0.25, -0.2) is 0 Å². The zero-order valence-corrected chi connectivity index (χ0v) is 12.2. The van der Waals surface area contributed by atoms with E-state index in [4.69, 9.17) is 5.73 Å². The summed E-state index contributed by atoms with van der Waals surface area (Å²) in [6, 6.07) is -0.517. The number of nitrogens with two attached hydrogens (primary N) is 1. The van der Waals surface area contributed by atoms with Crippen molar-refractivity contribution >= 4 is 11.9 Å². The zero-order valence-electron chi connectivity index (χ0n) is 12.2. The van der Waals surface area contributed by atoms with Crippen LogP contribution in [0.3, 0.4) is 0 Å². The molecule has 0 aromatic heterocycles. The maximum atomic E-state index is 12.3. The predicted octanol–water partition coefficient (Wildman–Crippen LogP) is 1.46. The van der Waals surface area contributed by atoms with E-state index in [1.165, 1.54) is 0 Å². The van der Waals surface area contributed by atoms with Gasteiger partial charge in [0.15, 0.2) is 0 Å². The molecule has 0 aromatic carbocycles. The molecule has 0 bridgehead atoms. The van der Waals surface area contributed by atoms with Gasteiger partial charge < -0.3 is 15.7 Å². The molecule has 110 valence electrons. The topological polar surface area (TPSA) is 83.6 Å². The number of nitrogens with zero attached hydrogens (tertiary/aromatic N) is 1. The SMILES string of the molecule is CCCC1(C(=O)O)CCN(C(=O)[C@@H](N)C(C)CC)C1.